The third kappa shape index (κ3) is 2.09. The second-order valence-electron chi connectivity index (χ2n) is 6.24. The van der Waals surface area contributed by atoms with E-state index in [-0.39, 0.29) is 0 Å². The molecule has 2 fully saturated rings. The minimum absolute atomic E-state index is 0.727. The van der Waals surface area contributed by atoms with Gasteiger partial charge in [0.15, 0.2) is 0 Å². The van der Waals surface area contributed by atoms with Crippen molar-refractivity contribution in [2.45, 2.75) is 51.2 Å². The number of nitrogens with one attached hydrogen (secondary N) is 1. The van der Waals surface area contributed by atoms with E-state index < -0.39 is 0 Å². The van der Waals surface area contributed by atoms with Crippen LogP contribution in [-0.4, -0.2) is 45.3 Å². The van der Waals surface area contributed by atoms with Gasteiger partial charge in [-0.3, -0.25) is 4.90 Å². The maximum Gasteiger partial charge on any atom is 0.147 e. The summed E-state index contributed by atoms with van der Waals surface area (Å²) >= 11 is 0. The molecule has 1 aromatic heterocycles. The van der Waals surface area contributed by atoms with E-state index in [0.717, 1.165) is 38.0 Å². The molecule has 2 saturated heterocycles. The lowest BCUT2D eigenvalue weighted by Crippen LogP contribution is -2.44. The first-order valence-electron chi connectivity index (χ1n) is 7.77. The first-order chi connectivity index (χ1) is 9.42. The summed E-state index contributed by atoms with van der Waals surface area (Å²) < 4.78 is 2.37. The first kappa shape index (κ1) is 11.9. The van der Waals surface area contributed by atoms with Gasteiger partial charge in [-0.25, -0.2) is 0 Å². The summed E-state index contributed by atoms with van der Waals surface area (Å²) in [5.41, 5.74) is 0. The number of likely N-dealkylation sites (tertiary alicyclic amines) is 1. The van der Waals surface area contributed by atoms with Gasteiger partial charge in [0, 0.05) is 25.6 Å². The fourth-order valence-electron chi connectivity index (χ4n) is 4.03. The van der Waals surface area contributed by atoms with Crippen LogP contribution >= 0.6 is 0 Å². The van der Waals surface area contributed by atoms with Crippen molar-refractivity contribution in [3.05, 3.63) is 11.6 Å². The molecule has 19 heavy (non-hydrogen) atoms. The minimum Gasteiger partial charge on any atom is -0.315 e. The molecule has 3 aliphatic rings. The van der Waals surface area contributed by atoms with Gasteiger partial charge in [-0.05, 0) is 44.7 Å². The topological polar surface area (TPSA) is 46.0 Å². The molecule has 0 bridgehead atoms. The lowest BCUT2D eigenvalue weighted by molar-refractivity contribution is 0.112. The molecule has 2 atom stereocenters. The first-order valence-corrected chi connectivity index (χ1v) is 7.77. The molecular weight excluding hydrogens is 238 g/mol. The average molecular weight is 261 g/mol. The molecule has 104 valence electrons. The SMILES string of the molecule is C1CCn2c(nnc2CN2CCCC3CNCC32)C1. The fraction of sp³-hybridized carbons (Fsp3) is 0.857. The Morgan fingerprint density at radius 2 is 2.11 bits per heavy atom. The van der Waals surface area contributed by atoms with Gasteiger partial charge in [0.1, 0.15) is 11.6 Å². The predicted molar refractivity (Wildman–Crippen MR) is 72.8 cm³/mol. The molecule has 0 aromatic carbocycles. The fourth-order valence-corrected chi connectivity index (χ4v) is 4.03. The predicted octanol–water partition coefficient (Wildman–Crippen LogP) is 0.798. The van der Waals surface area contributed by atoms with Crippen LogP contribution in [0.1, 0.15) is 37.3 Å². The van der Waals surface area contributed by atoms with E-state index in [4.69, 9.17) is 0 Å². The number of rotatable bonds is 2. The third-order valence-corrected chi connectivity index (χ3v) is 5.07. The van der Waals surface area contributed by atoms with Crippen molar-refractivity contribution in [2.24, 2.45) is 5.92 Å². The number of aryl methyl sites for hydroxylation is 1. The Balaban J connectivity index is 1.52. The molecule has 3 aliphatic heterocycles. The summed E-state index contributed by atoms with van der Waals surface area (Å²) in [6.07, 6.45) is 6.40. The zero-order valence-electron chi connectivity index (χ0n) is 11.5. The van der Waals surface area contributed by atoms with Crippen LogP contribution in [0.25, 0.3) is 0 Å². The van der Waals surface area contributed by atoms with Gasteiger partial charge in [0.25, 0.3) is 0 Å². The zero-order chi connectivity index (χ0) is 12.7. The average Bonchev–Trinajstić information content (AvgIpc) is 3.06. The Hall–Kier alpha value is -0.940. The molecule has 0 aliphatic carbocycles. The Labute approximate surface area is 114 Å². The normalized spacial score (nSPS) is 31.2. The molecule has 0 spiro atoms. The lowest BCUT2D eigenvalue weighted by atomic mass is 9.92. The van der Waals surface area contributed by atoms with Crippen molar-refractivity contribution in [3.8, 4) is 0 Å². The van der Waals surface area contributed by atoms with E-state index in [1.165, 1.54) is 50.4 Å². The lowest BCUT2D eigenvalue weighted by Gasteiger charge is -2.36. The summed E-state index contributed by atoms with van der Waals surface area (Å²) in [4.78, 5) is 2.64. The van der Waals surface area contributed by atoms with Gasteiger partial charge >= 0.3 is 0 Å². The minimum atomic E-state index is 0.727. The van der Waals surface area contributed by atoms with Crippen molar-refractivity contribution in [2.75, 3.05) is 19.6 Å². The van der Waals surface area contributed by atoms with Gasteiger partial charge in [0.2, 0.25) is 0 Å². The molecule has 5 nitrogen and oxygen atoms in total. The Morgan fingerprint density at radius 3 is 3.11 bits per heavy atom. The number of hydrogen-bond donors (Lipinski definition) is 1. The van der Waals surface area contributed by atoms with E-state index in [9.17, 15) is 0 Å². The van der Waals surface area contributed by atoms with Crippen LogP contribution in [0.2, 0.25) is 0 Å². The number of fused-ring (bicyclic) bond motifs is 2. The maximum absolute atomic E-state index is 4.46. The van der Waals surface area contributed by atoms with Crippen LogP contribution in [-0.2, 0) is 19.5 Å². The Bertz CT molecular complexity index is 455. The number of nitrogens with zero attached hydrogens (tertiary/aromatic N) is 4. The van der Waals surface area contributed by atoms with E-state index in [1.54, 1.807) is 0 Å². The van der Waals surface area contributed by atoms with Crippen molar-refractivity contribution in [1.29, 1.82) is 0 Å². The molecule has 4 heterocycles. The highest BCUT2D eigenvalue weighted by Gasteiger charge is 2.35. The molecule has 4 rings (SSSR count). The van der Waals surface area contributed by atoms with Crippen LogP contribution in [0, 0.1) is 5.92 Å². The monoisotopic (exact) mass is 261 g/mol. The van der Waals surface area contributed by atoms with Crippen LogP contribution in [0.3, 0.4) is 0 Å². The van der Waals surface area contributed by atoms with Crippen molar-refractivity contribution in [3.63, 3.8) is 0 Å². The van der Waals surface area contributed by atoms with Crippen LogP contribution in [0.4, 0.5) is 0 Å². The second-order valence-corrected chi connectivity index (χ2v) is 6.24. The smallest absolute Gasteiger partial charge is 0.147 e. The number of hydrogen-bond acceptors (Lipinski definition) is 4. The second kappa shape index (κ2) is 4.87. The van der Waals surface area contributed by atoms with Crippen molar-refractivity contribution >= 4 is 0 Å². The van der Waals surface area contributed by atoms with Gasteiger partial charge in [-0.15, -0.1) is 10.2 Å². The number of piperidine rings is 1. The van der Waals surface area contributed by atoms with Crippen molar-refractivity contribution in [1.82, 2.24) is 25.0 Å². The standard InChI is InChI=1S/C14H23N5/c1-2-7-19-13(5-1)16-17-14(19)10-18-6-3-4-11-8-15-9-12(11)18/h11-12,15H,1-10H2. The molecule has 0 radical (unpaired) electrons. The highest BCUT2D eigenvalue weighted by Crippen LogP contribution is 2.27. The van der Waals surface area contributed by atoms with Crippen LogP contribution in [0.15, 0.2) is 0 Å². The summed E-state index contributed by atoms with van der Waals surface area (Å²) in [7, 11) is 0. The molecule has 2 unspecified atom stereocenters. The molecule has 1 aromatic rings. The van der Waals surface area contributed by atoms with Gasteiger partial charge in [-0.1, -0.05) is 0 Å². The summed E-state index contributed by atoms with van der Waals surface area (Å²) in [5.74, 6) is 3.26. The Kier molecular flexibility index (Phi) is 3.04. The Morgan fingerprint density at radius 1 is 1.11 bits per heavy atom. The van der Waals surface area contributed by atoms with Gasteiger partial charge < -0.3 is 9.88 Å². The summed E-state index contributed by atoms with van der Waals surface area (Å²) in [6.45, 7) is 5.71. The molecule has 0 saturated carbocycles. The third-order valence-electron chi connectivity index (χ3n) is 5.07. The molecular formula is C14H23N5. The van der Waals surface area contributed by atoms with Crippen LogP contribution in [0.5, 0.6) is 0 Å². The highest BCUT2D eigenvalue weighted by molar-refractivity contribution is 5.01. The van der Waals surface area contributed by atoms with Crippen molar-refractivity contribution < 1.29 is 0 Å². The highest BCUT2D eigenvalue weighted by atomic mass is 15.3. The van der Waals surface area contributed by atoms with Crippen LogP contribution < -0.4 is 5.32 Å². The quantitative estimate of drug-likeness (QED) is 0.855. The van der Waals surface area contributed by atoms with Gasteiger partial charge in [-0.2, -0.15) is 0 Å². The summed E-state index contributed by atoms with van der Waals surface area (Å²) in [6, 6.07) is 0.727. The van der Waals surface area contributed by atoms with E-state index >= 15 is 0 Å². The van der Waals surface area contributed by atoms with E-state index in [0.29, 0.717) is 0 Å². The molecule has 1 N–H and O–H groups in total. The van der Waals surface area contributed by atoms with E-state index in [2.05, 4.69) is 25.0 Å². The summed E-state index contributed by atoms with van der Waals surface area (Å²) in [5, 5.41) is 12.4. The maximum atomic E-state index is 4.46. The number of aromatic nitrogens is 3. The largest absolute Gasteiger partial charge is 0.315 e. The molecule has 0 amide bonds. The van der Waals surface area contributed by atoms with Gasteiger partial charge in [0.05, 0.1) is 6.54 Å². The van der Waals surface area contributed by atoms with E-state index in [1.807, 2.05) is 0 Å². The molecule has 5 heteroatoms. The zero-order valence-corrected chi connectivity index (χ0v) is 11.5.